The molecule has 15 heteroatoms. The highest BCUT2D eigenvalue weighted by atomic mass is 19.4. The van der Waals surface area contributed by atoms with Crippen LogP contribution >= 0.6 is 0 Å². The number of rotatable bonds is 6. The molecule has 0 aromatic heterocycles. The molecule has 3 atom stereocenters. The third-order valence-corrected chi connectivity index (χ3v) is 4.71. The Morgan fingerprint density at radius 2 is 1.17 bits per heavy atom. The Hall–Kier alpha value is -1.70. The van der Waals surface area contributed by atoms with Gasteiger partial charge in [-0.15, -0.1) is 0 Å². The second-order valence-electron chi connectivity index (χ2n) is 6.62. The highest BCUT2D eigenvalue weighted by Gasteiger charge is 2.92. The number of ether oxygens (including phenoxy) is 1. The van der Waals surface area contributed by atoms with Crippen LogP contribution in [0.5, 0.6) is 0 Å². The van der Waals surface area contributed by atoms with E-state index in [1.165, 1.54) is 12.2 Å². The van der Waals surface area contributed by atoms with Gasteiger partial charge in [0.15, 0.2) is 0 Å². The molecule has 0 radical (unpaired) electrons. The van der Waals surface area contributed by atoms with Gasteiger partial charge in [0, 0.05) is 0 Å². The van der Waals surface area contributed by atoms with Crippen molar-refractivity contribution >= 4 is 5.97 Å². The van der Waals surface area contributed by atoms with Crippen LogP contribution in [-0.4, -0.2) is 41.9 Å². The summed E-state index contributed by atoms with van der Waals surface area (Å²) in [5.41, 5.74) is 0. The molecule has 168 valence electrons. The number of carbonyl (C=O) groups excluding carboxylic acids is 1. The molecule has 2 rings (SSSR count). The van der Waals surface area contributed by atoms with E-state index < -0.39 is 53.8 Å². The van der Waals surface area contributed by atoms with Crippen molar-refractivity contribution in [2.45, 2.75) is 48.8 Å². The van der Waals surface area contributed by atoms with Gasteiger partial charge in [-0.1, -0.05) is 12.2 Å². The number of hydrogen-bond acceptors (Lipinski definition) is 2. The first-order chi connectivity index (χ1) is 12.7. The van der Waals surface area contributed by atoms with Crippen LogP contribution in [0.4, 0.5) is 57.1 Å². The van der Waals surface area contributed by atoms with Crippen LogP contribution in [0.15, 0.2) is 12.2 Å². The summed E-state index contributed by atoms with van der Waals surface area (Å²) in [6, 6.07) is 0. The van der Waals surface area contributed by atoms with Gasteiger partial charge < -0.3 is 4.74 Å². The summed E-state index contributed by atoms with van der Waals surface area (Å²) in [5, 5.41) is 0. The second-order valence-corrected chi connectivity index (χ2v) is 6.62. The zero-order valence-corrected chi connectivity index (χ0v) is 13.5. The van der Waals surface area contributed by atoms with Crippen LogP contribution in [0.2, 0.25) is 0 Å². The smallest absolute Gasteiger partial charge is 0.396 e. The highest BCUT2D eigenvalue weighted by molar-refractivity contribution is 5.74. The first-order valence-corrected chi connectivity index (χ1v) is 7.57. The molecule has 3 unspecified atom stereocenters. The van der Waals surface area contributed by atoms with Crippen molar-refractivity contribution < 1.29 is 66.6 Å². The fourth-order valence-corrected chi connectivity index (χ4v) is 3.07. The molecule has 1 fully saturated rings. The molecule has 0 spiro atoms. The topological polar surface area (TPSA) is 26.3 Å². The quantitative estimate of drug-likeness (QED) is 0.303. The van der Waals surface area contributed by atoms with E-state index in [1.54, 1.807) is 0 Å². The van der Waals surface area contributed by atoms with Crippen molar-refractivity contribution in [1.29, 1.82) is 0 Å². The van der Waals surface area contributed by atoms with Gasteiger partial charge in [-0.05, 0) is 24.7 Å². The normalized spacial score (nSPS) is 26.2. The molecule has 0 saturated heterocycles. The van der Waals surface area contributed by atoms with Gasteiger partial charge in [0.05, 0.1) is 5.92 Å². The summed E-state index contributed by atoms with van der Waals surface area (Å²) in [6.45, 7) is 0. The minimum absolute atomic E-state index is 0.202. The molecule has 2 aliphatic rings. The summed E-state index contributed by atoms with van der Waals surface area (Å²) < 4.78 is 171. The van der Waals surface area contributed by atoms with E-state index >= 15 is 0 Å². The average Bonchev–Trinajstić information content (AvgIpc) is 3.15. The molecule has 2 nitrogen and oxygen atoms in total. The van der Waals surface area contributed by atoms with Gasteiger partial charge in [-0.25, -0.2) is 0 Å². The van der Waals surface area contributed by atoms with Gasteiger partial charge in [-0.3, -0.25) is 4.79 Å². The zero-order chi connectivity index (χ0) is 22.8. The number of fused-ring (bicyclic) bond motifs is 2. The van der Waals surface area contributed by atoms with Gasteiger partial charge >= 0.3 is 41.9 Å². The Labute approximate surface area is 152 Å². The standard InChI is InChI=1S/C14H9F13O2/c15-9(16,11(19,20)13(23,24)25)10(17,18)12(21,22)14(26,27)29-8(28)7-4-5-1-2-6(7)3-5/h1-2,5-7H,3-4H2. The van der Waals surface area contributed by atoms with Gasteiger partial charge in [0.2, 0.25) is 0 Å². The second kappa shape index (κ2) is 6.40. The predicted octanol–water partition coefficient (Wildman–Crippen LogP) is 5.44. The van der Waals surface area contributed by atoms with Crippen molar-refractivity contribution in [3.8, 4) is 0 Å². The van der Waals surface area contributed by atoms with E-state index in [4.69, 9.17) is 0 Å². The maximum atomic E-state index is 13.5. The van der Waals surface area contributed by atoms with E-state index in [-0.39, 0.29) is 18.8 Å². The lowest BCUT2D eigenvalue weighted by Gasteiger charge is -2.39. The molecule has 0 aromatic carbocycles. The molecule has 2 aliphatic carbocycles. The minimum atomic E-state index is -8.02. The van der Waals surface area contributed by atoms with E-state index in [9.17, 15) is 61.9 Å². The van der Waals surface area contributed by atoms with Gasteiger partial charge in [0.25, 0.3) is 0 Å². The van der Waals surface area contributed by atoms with E-state index in [2.05, 4.69) is 4.74 Å². The summed E-state index contributed by atoms with van der Waals surface area (Å²) in [7, 11) is 0. The maximum Gasteiger partial charge on any atom is 0.473 e. The predicted molar refractivity (Wildman–Crippen MR) is 65.7 cm³/mol. The molecule has 0 N–H and O–H groups in total. The molecule has 0 heterocycles. The van der Waals surface area contributed by atoms with Crippen molar-refractivity contribution in [3.63, 3.8) is 0 Å². The van der Waals surface area contributed by atoms with Crippen molar-refractivity contribution in [3.05, 3.63) is 12.2 Å². The van der Waals surface area contributed by atoms with Gasteiger partial charge in [-0.2, -0.15) is 57.1 Å². The van der Waals surface area contributed by atoms with E-state index in [0.717, 1.165) is 0 Å². The van der Waals surface area contributed by atoms with Crippen molar-refractivity contribution in [2.75, 3.05) is 0 Å². The third-order valence-electron chi connectivity index (χ3n) is 4.71. The number of hydrogen-bond donors (Lipinski definition) is 0. The Balaban J connectivity index is 2.32. The summed E-state index contributed by atoms with van der Waals surface area (Å²) in [5.74, 6) is -36.3. The number of allylic oxidation sites excluding steroid dienone is 2. The highest BCUT2D eigenvalue weighted by Crippen LogP contribution is 2.60. The van der Waals surface area contributed by atoms with Crippen molar-refractivity contribution in [2.24, 2.45) is 17.8 Å². The monoisotopic (exact) mass is 456 g/mol. The zero-order valence-electron chi connectivity index (χ0n) is 13.5. The van der Waals surface area contributed by atoms with Crippen LogP contribution in [0.3, 0.4) is 0 Å². The first-order valence-electron chi connectivity index (χ1n) is 7.57. The van der Waals surface area contributed by atoms with Crippen LogP contribution in [0.1, 0.15) is 12.8 Å². The van der Waals surface area contributed by atoms with Crippen LogP contribution in [0, 0.1) is 17.8 Å². The molecule has 1 saturated carbocycles. The summed E-state index contributed by atoms with van der Waals surface area (Å²) in [6.07, 6.45) is -11.5. The molecule has 29 heavy (non-hydrogen) atoms. The van der Waals surface area contributed by atoms with Crippen LogP contribution in [0.25, 0.3) is 0 Å². The fourth-order valence-electron chi connectivity index (χ4n) is 3.07. The van der Waals surface area contributed by atoms with Gasteiger partial charge in [0.1, 0.15) is 0 Å². The SMILES string of the molecule is O=C(OC(F)(F)C(F)(F)C(F)(F)C(F)(F)C(F)(F)C(F)(F)F)C1CC2C=CC1C2. The largest absolute Gasteiger partial charge is 0.473 e. The lowest BCUT2D eigenvalue weighted by atomic mass is 9.93. The number of halogens is 13. The molecular formula is C14H9F13O2. The summed E-state index contributed by atoms with van der Waals surface area (Å²) >= 11 is 0. The molecule has 2 bridgehead atoms. The number of carbonyl (C=O) groups is 1. The minimum Gasteiger partial charge on any atom is -0.396 e. The lowest BCUT2D eigenvalue weighted by molar-refractivity contribution is -0.460. The Kier molecular flexibility index (Phi) is 5.20. The fraction of sp³-hybridized carbons (Fsp3) is 0.786. The summed E-state index contributed by atoms with van der Waals surface area (Å²) in [4.78, 5) is 11.6. The maximum absolute atomic E-state index is 13.5. The molecule has 0 aliphatic heterocycles. The molecule has 0 aromatic rings. The average molecular weight is 456 g/mol. The Morgan fingerprint density at radius 3 is 1.55 bits per heavy atom. The van der Waals surface area contributed by atoms with Crippen LogP contribution in [-0.2, 0) is 9.53 Å². The lowest BCUT2D eigenvalue weighted by Crippen LogP contribution is -2.70. The third kappa shape index (κ3) is 3.23. The Morgan fingerprint density at radius 1 is 0.690 bits per heavy atom. The molecular weight excluding hydrogens is 447 g/mol. The van der Waals surface area contributed by atoms with Crippen molar-refractivity contribution in [1.82, 2.24) is 0 Å². The Bertz CT molecular complexity index is 694. The van der Waals surface area contributed by atoms with E-state index in [0.29, 0.717) is 0 Å². The number of alkyl halides is 13. The van der Waals surface area contributed by atoms with E-state index in [1.807, 2.05) is 0 Å². The first kappa shape index (κ1) is 23.6. The van der Waals surface area contributed by atoms with Crippen LogP contribution < -0.4 is 0 Å². The number of esters is 1. The molecule has 0 amide bonds.